The van der Waals surface area contributed by atoms with Gasteiger partial charge in [-0.15, -0.1) is 0 Å². The van der Waals surface area contributed by atoms with Crippen molar-refractivity contribution in [2.75, 3.05) is 11.4 Å². The molecule has 0 aliphatic carbocycles. The summed E-state index contributed by atoms with van der Waals surface area (Å²) in [5.41, 5.74) is 12.2. The molecule has 4 N–H and O–H groups in total. The molecule has 1 aromatic carbocycles. The first-order chi connectivity index (χ1) is 8.90. The van der Waals surface area contributed by atoms with E-state index in [-0.39, 0.29) is 18.9 Å². The van der Waals surface area contributed by atoms with Gasteiger partial charge in [0.25, 0.3) is 0 Å². The molecular weight excluding hydrogens is 246 g/mol. The monoisotopic (exact) mass is 261 g/mol. The molecule has 1 heterocycles. The maximum Gasteiger partial charge on any atom is 0.248 e. The first-order valence-electron chi connectivity index (χ1n) is 5.90. The minimum absolute atomic E-state index is 0.107. The van der Waals surface area contributed by atoms with Gasteiger partial charge < -0.3 is 16.4 Å². The summed E-state index contributed by atoms with van der Waals surface area (Å²) in [6.45, 7) is 2.07. The molecule has 1 aliphatic heterocycles. The highest BCUT2D eigenvalue weighted by Gasteiger charge is 2.34. The fourth-order valence-corrected chi connectivity index (χ4v) is 2.18. The van der Waals surface area contributed by atoms with E-state index in [0.29, 0.717) is 11.3 Å². The topological polar surface area (TPSA) is 106 Å². The lowest BCUT2D eigenvalue weighted by molar-refractivity contribution is -0.123. The lowest BCUT2D eigenvalue weighted by atomic mass is 10.1. The highest BCUT2D eigenvalue weighted by atomic mass is 16.2. The first-order valence-corrected chi connectivity index (χ1v) is 5.90. The lowest BCUT2D eigenvalue weighted by Crippen LogP contribution is -2.29. The Balaban J connectivity index is 2.36. The van der Waals surface area contributed by atoms with Crippen LogP contribution in [-0.4, -0.2) is 24.3 Å². The van der Waals surface area contributed by atoms with Gasteiger partial charge in [-0.3, -0.25) is 14.4 Å². The summed E-state index contributed by atoms with van der Waals surface area (Å²) < 4.78 is 0. The number of primary amides is 2. The maximum atomic E-state index is 11.9. The summed E-state index contributed by atoms with van der Waals surface area (Å²) in [7, 11) is 0. The van der Waals surface area contributed by atoms with E-state index in [4.69, 9.17) is 11.5 Å². The minimum Gasteiger partial charge on any atom is -0.369 e. The van der Waals surface area contributed by atoms with Crippen molar-refractivity contribution in [3.8, 4) is 0 Å². The summed E-state index contributed by atoms with van der Waals surface area (Å²) >= 11 is 0. The maximum absolute atomic E-state index is 11.9. The van der Waals surface area contributed by atoms with Crippen molar-refractivity contribution in [2.24, 2.45) is 17.4 Å². The molecule has 0 aromatic heterocycles. The van der Waals surface area contributed by atoms with E-state index in [9.17, 15) is 14.4 Å². The summed E-state index contributed by atoms with van der Waals surface area (Å²) in [5, 5.41) is 0. The Labute approximate surface area is 110 Å². The predicted octanol–water partition coefficient (Wildman–Crippen LogP) is -0.0679. The fraction of sp³-hybridized carbons (Fsp3) is 0.308. The average molecular weight is 261 g/mol. The molecule has 6 nitrogen and oxygen atoms in total. The average Bonchev–Trinajstić information content (AvgIpc) is 2.72. The smallest absolute Gasteiger partial charge is 0.248 e. The third-order valence-electron chi connectivity index (χ3n) is 3.31. The molecule has 1 aromatic rings. The number of anilines is 1. The second kappa shape index (κ2) is 4.72. The highest BCUT2D eigenvalue weighted by molar-refractivity contribution is 6.02. The number of hydrogen-bond donors (Lipinski definition) is 2. The molecular formula is C13H15N3O3. The van der Waals surface area contributed by atoms with Crippen molar-refractivity contribution < 1.29 is 14.4 Å². The van der Waals surface area contributed by atoms with Crippen LogP contribution >= 0.6 is 0 Å². The Morgan fingerprint density at radius 2 is 2.00 bits per heavy atom. The van der Waals surface area contributed by atoms with Crippen LogP contribution in [-0.2, 0) is 9.59 Å². The second-order valence-corrected chi connectivity index (χ2v) is 4.67. The molecule has 2 rings (SSSR count). The zero-order valence-corrected chi connectivity index (χ0v) is 10.6. The number of rotatable bonds is 3. The molecule has 1 fully saturated rings. The van der Waals surface area contributed by atoms with E-state index in [1.54, 1.807) is 18.2 Å². The van der Waals surface area contributed by atoms with Crippen molar-refractivity contribution in [1.29, 1.82) is 0 Å². The van der Waals surface area contributed by atoms with E-state index in [1.165, 1.54) is 4.90 Å². The van der Waals surface area contributed by atoms with Gasteiger partial charge >= 0.3 is 0 Å². The molecule has 0 bridgehead atoms. The van der Waals surface area contributed by atoms with Crippen LogP contribution in [0.3, 0.4) is 0 Å². The number of nitrogens with zero attached hydrogens (tertiary/aromatic N) is 1. The molecule has 0 radical (unpaired) electrons. The van der Waals surface area contributed by atoms with Gasteiger partial charge in [0, 0.05) is 24.2 Å². The fourth-order valence-electron chi connectivity index (χ4n) is 2.18. The summed E-state index contributed by atoms with van der Waals surface area (Å²) in [6.07, 6.45) is 0.107. The van der Waals surface area contributed by atoms with E-state index < -0.39 is 17.7 Å². The Morgan fingerprint density at radius 3 is 2.53 bits per heavy atom. The van der Waals surface area contributed by atoms with Gasteiger partial charge in [0.05, 0.1) is 5.92 Å². The molecule has 1 aliphatic rings. The van der Waals surface area contributed by atoms with Gasteiger partial charge in [-0.05, 0) is 24.6 Å². The van der Waals surface area contributed by atoms with Crippen molar-refractivity contribution in [1.82, 2.24) is 0 Å². The van der Waals surface area contributed by atoms with E-state index in [2.05, 4.69) is 0 Å². The Hall–Kier alpha value is -2.37. The third kappa shape index (κ3) is 2.42. The molecule has 0 spiro atoms. The molecule has 1 saturated heterocycles. The van der Waals surface area contributed by atoms with Gasteiger partial charge in [-0.25, -0.2) is 0 Å². The number of amides is 3. The number of carbonyl (C=O) groups is 3. The number of benzene rings is 1. The van der Waals surface area contributed by atoms with Crippen LogP contribution in [0.1, 0.15) is 22.3 Å². The van der Waals surface area contributed by atoms with Crippen LogP contribution in [0.2, 0.25) is 0 Å². The Bertz CT molecular complexity index is 568. The molecule has 6 heteroatoms. The normalized spacial score (nSPS) is 18.7. The quantitative estimate of drug-likeness (QED) is 0.795. The zero-order chi connectivity index (χ0) is 14.2. The summed E-state index contributed by atoms with van der Waals surface area (Å²) in [4.78, 5) is 35.7. The molecule has 19 heavy (non-hydrogen) atoms. The van der Waals surface area contributed by atoms with Crippen LogP contribution in [0.25, 0.3) is 0 Å². The van der Waals surface area contributed by atoms with E-state index in [1.807, 2.05) is 6.92 Å². The number of nitrogens with two attached hydrogens (primary N) is 2. The largest absolute Gasteiger partial charge is 0.369 e. The molecule has 3 amide bonds. The van der Waals surface area contributed by atoms with Gasteiger partial charge in [-0.1, -0.05) is 6.07 Å². The summed E-state index contributed by atoms with van der Waals surface area (Å²) in [6, 6.07) is 4.90. The minimum atomic E-state index is -0.556. The molecule has 0 unspecified atom stereocenters. The summed E-state index contributed by atoms with van der Waals surface area (Å²) in [5.74, 6) is -1.70. The number of carbonyl (C=O) groups excluding carboxylic acids is 3. The number of hydrogen-bond acceptors (Lipinski definition) is 3. The molecule has 0 saturated carbocycles. The van der Waals surface area contributed by atoms with Crippen molar-refractivity contribution >= 4 is 23.4 Å². The van der Waals surface area contributed by atoms with Crippen molar-refractivity contribution in [2.45, 2.75) is 13.3 Å². The SMILES string of the molecule is Cc1ccc(C(N)=O)cc1N1C[C@H](C(N)=O)CC1=O. The predicted molar refractivity (Wildman–Crippen MR) is 69.4 cm³/mol. The van der Waals surface area contributed by atoms with Crippen molar-refractivity contribution in [3.63, 3.8) is 0 Å². The Morgan fingerprint density at radius 1 is 1.32 bits per heavy atom. The van der Waals surface area contributed by atoms with Gasteiger partial charge in [0.15, 0.2) is 0 Å². The van der Waals surface area contributed by atoms with Crippen LogP contribution in [0.15, 0.2) is 18.2 Å². The van der Waals surface area contributed by atoms with Crippen LogP contribution < -0.4 is 16.4 Å². The number of aryl methyl sites for hydroxylation is 1. The molecule has 100 valence electrons. The van der Waals surface area contributed by atoms with Crippen molar-refractivity contribution in [3.05, 3.63) is 29.3 Å². The third-order valence-corrected chi connectivity index (χ3v) is 3.31. The first kappa shape index (κ1) is 13.1. The van der Waals surface area contributed by atoms with E-state index in [0.717, 1.165) is 5.56 Å². The van der Waals surface area contributed by atoms with Gasteiger partial charge in [0.2, 0.25) is 17.7 Å². The lowest BCUT2D eigenvalue weighted by Gasteiger charge is -2.19. The van der Waals surface area contributed by atoms with Gasteiger partial charge in [0.1, 0.15) is 0 Å². The standard InChI is InChI=1S/C13H15N3O3/c1-7-2-3-8(12(14)18)4-10(7)16-6-9(13(15)19)5-11(16)17/h2-4,9H,5-6H2,1H3,(H2,14,18)(H2,15,19)/t9-/m1/s1. The zero-order valence-electron chi connectivity index (χ0n) is 10.6. The van der Waals surface area contributed by atoms with Crippen LogP contribution in [0.4, 0.5) is 5.69 Å². The van der Waals surface area contributed by atoms with Crippen LogP contribution in [0, 0.1) is 12.8 Å². The van der Waals surface area contributed by atoms with Crippen LogP contribution in [0.5, 0.6) is 0 Å². The second-order valence-electron chi connectivity index (χ2n) is 4.67. The van der Waals surface area contributed by atoms with E-state index >= 15 is 0 Å². The molecule has 1 atom stereocenters. The van der Waals surface area contributed by atoms with Gasteiger partial charge in [-0.2, -0.15) is 0 Å². The Kier molecular flexibility index (Phi) is 3.25. The highest BCUT2D eigenvalue weighted by Crippen LogP contribution is 2.28.